The van der Waals surface area contributed by atoms with Gasteiger partial charge < -0.3 is 15.5 Å². The summed E-state index contributed by atoms with van der Waals surface area (Å²) < 4.78 is 6.78. The third-order valence-electron chi connectivity index (χ3n) is 5.83. The quantitative estimate of drug-likeness (QED) is 0.619. The van der Waals surface area contributed by atoms with Gasteiger partial charge in [0.05, 0.1) is 17.8 Å². The number of nitrogens with one attached hydrogen (secondary N) is 1. The molecule has 0 unspecified atom stereocenters. The van der Waals surface area contributed by atoms with Crippen molar-refractivity contribution in [3.05, 3.63) is 58.8 Å². The van der Waals surface area contributed by atoms with Gasteiger partial charge in [0.15, 0.2) is 5.58 Å². The van der Waals surface area contributed by atoms with Gasteiger partial charge in [0.2, 0.25) is 11.8 Å². The molecule has 9 heteroatoms. The Morgan fingerprint density at radius 1 is 1.29 bits per heavy atom. The first kappa shape index (κ1) is 20.8. The summed E-state index contributed by atoms with van der Waals surface area (Å²) in [5.74, 6) is -1.08. The van der Waals surface area contributed by atoms with Gasteiger partial charge in [-0.25, -0.2) is 4.79 Å². The van der Waals surface area contributed by atoms with E-state index in [0.717, 1.165) is 6.42 Å². The predicted molar refractivity (Wildman–Crippen MR) is 116 cm³/mol. The number of carbonyl (C=O) groups excluding carboxylic acids is 2. The van der Waals surface area contributed by atoms with Crippen LogP contribution in [-0.2, 0) is 21.5 Å². The van der Waals surface area contributed by atoms with Crippen LogP contribution in [0.3, 0.4) is 0 Å². The van der Waals surface area contributed by atoms with Crippen LogP contribution in [0.25, 0.3) is 11.1 Å². The molecule has 1 aliphatic rings. The Bertz CT molecular complexity index is 1170. The highest BCUT2D eigenvalue weighted by Gasteiger charge is 2.43. The minimum atomic E-state index is -0.912. The molecule has 3 heterocycles. The number of primary amides is 1. The Hall–Kier alpha value is -3.46. The SMILES string of the molecule is CCn1c(=O)oc2cc(NC(=O)CN3CCC[C@](C(N)=O)(c4ccccn4)C3)ccc21. The summed E-state index contributed by atoms with van der Waals surface area (Å²) >= 11 is 0. The van der Waals surface area contributed by atoms with Crippen LogP contribution in [0.1, 0.15) is 25.5 Å². The lowest BCUT2D eigenvalue weighted by Gasteiger charge is -2.40. The zero-order chi connectivity index (χ0) is 22.0. The van der Waals surface area contributed by atoms with Crippen LogP contribution < -0.4 is 16.8 Å². The number of pyridine rings is 1. The van der Waals surface area contributed by atoms with Gasteiger partial charge in [0.1, 0.15) is 5.41 Å². The van der Waals surface area contributed by atoms with Crippen molar-refractivity contribution in [1.82, 2.24) is 14.5 Å². The molecule has 4 rings (SSSR count). The number of amides is 2. The number of aromatic nitrogens is 2. The van der Waals surface area contributed by atoms with E-state index in [2.05, 4.69) is 10.3 Å². The fraction of sp³-hybridized carbons (Fsp3) is 0.364. The number of hydrogen-bond acceptors (Lipinski definition) is 6. The number of fused-ring (bicyclic) bond motifs is 1. The summed E-state index contributed by atoms with van der Waals surface area (Å²) in [6, 6.07) is 10.6. The third-order valence-corrected chi connectivity index (χ3v) is 5.83. The molecule has 2 aromatic heterocycles. The van der Waals surface area contributed by atoms with Crippen molar-refractivity contribution in [2.45, 2.75) is 31.7 Å². The smallest absolute Gasteiger partial charge is 0.408 e. The van der Waals surface area contributed by atoms with E-state index in [1.54, 1.807) is 36.5 Å². The first-order chi connectivity index (χ1) is 14.9. The average Bonchev–Trinajstić information content (AvgIpc) is 3.08. The predicted octanol–water partition coefficient (Wildman–Crippen LogP) is 1.47. The van der Waals surface area contributed by atoms with Crippen LogP contribution in [0.5, 0.6) is 0 Å². The highest BCUT2D eigenvalue weighted by Crippen LogP contribution is 2.32. The number of carbonyl (C=O) groups is 2. The van der Waals surface area contributed by atoms with Crippen LogP contribution in [0.2, 0.25) is 0 Å². The topological polar surface area (TPSA) is 123 Å². The zero-order valence-corrected chi connectivity index (χ0v) is 17.3. The molecule has 3 N–H and O–H groups in total. The van der Waals surface area contributed by atoms with E-state index in [0.29, 0.717) is 48.5 Å². The Labute approximate surface area is 178 Å². The second-order valence-electron chi connectivity index (χ2n) is 7.82. The molecule has 9 nitrogen and oxygen atoms in total. The average molecular weight is 423 g/mol. The van der Waals surface area contributed by atoms with E-state index in [1.807, 2.05) is 17.9 Å². The fourth-order valence-electron chi connectivity index (χ4n) is 4.31. The van der Waals surface area contributed by atoms with Crippen LogP contribution in [0.15, 0.2) is 51.8 Å². The summed E-state index contributed by atoms with van der Waals surface area (Å²) in [4.78, 5) is 43.2. The molecule has 3 aromatic rings. The van der Waals surface area contributed by atoms with E-state index in [4.69, 9.17) is 10.2 Å². The normalized spacial score (nSPS) is 19.4. The number of anilines is 1. The van der Waals surface area contributed by atoms with Gasteiger partial charge >= 0.3 is 5.76 Å². The first-order valence-corrected chi connectivity index (χ1v) is 10.3. The minimum Gasteiger partial charge on any atom is -0.408 e. The summed E-state index contributed by atoms with van der Waals surface area (Å²) in [6.07, 6.45) is 2.97. The summed E-state index contributed by atoms with van der Waals surface area (Å²) in [7, 11) is 0. The first-order valence-electron chi connectivity index (χ1n) is 10.3. The van der Waals surface area contributed by atoms with Crippen molar-refractivity contribution in [1.29, 1.82) is 0 Å². The molecule has 1 aromatic carbocycles. The third kappa shape index (κ3) is 3.96. The van der Waals surface area contributed by atoms with Crippen LogP contribution in [0, 0.1) is 0 Å². The van der Waals surface area contributed by atoms with E-state index < -0.39 is 17.1 Å². The van der Waals surface area contributed by atoms with Crippen LogP contribution in [0.4, 0.5) is 5.69 Å². The van der Waals surface area contributed by atoms with E-state index in [1.165, 1.54) is 4.57 Å². The largest absolute Gasteiger partial charge is 0.419 e. The lowest BCUT2D eigenvalue weighted by atomic mass is 9.76. The Balaban J connectivity index is 1.48. The molecule has 162 valence electrons. The lowest BCUT2D eigenvalue weighted by Crippen LogP contribution is -2.55. The standard InChI is InChI=1S/C22H25N5O4/c1-2-27-16-8-7-15(12-17(16)31-21(27)30)25-19(28)13-26-11-5-9-22(14-26,20(23)29)18-6-3-4-10-24-18/h3-4,6-8,10,12H,2,5,9,11,13-14H2,1H3,(H2,23,29)(H,25,28)/t22-/m1/s1. The number of nitrogens with zero attached hydrogens (tertiary/aromatic N) is 3. The maximum Gasteiger partial charge on any atom is 0.419 e. The van der Waals surface area contributed by atoms with Crippen LogP contribution >= 0.6 is 0 Å². The Morgan fingerprint density at radius 3 is 2.84 bits per heavy atom. The molecule has 1 saturated heterocycles. The highest BCUT2D eigenvalue weighted by molar-refractivity contribution is 5.94. The van der Waals surface area contributed by atoms with Crippen molar-refractivity contribution in [2.75, 3.05) is 25.0 Å². The molecule has 31 heavy (non-hydrogen) atoms. The van der Waals surface area contributed by atoms with Crippen molar-refractivity contribution in [3.8, 4) is 0 Å². The summed E-state index contributed by atoms with van der Waals surface area (Å²) in [5.41, 5.74) is 7.15. The number of nitrogens with two attached hydrogens (primary N) is 1. The molecule has 1 fully saturated rings. The number of piperidine rings is 1. The van der Waals surface area contributed by atoms with E-state index in [-0.39, 0.29) is 12.5 Å². The maximum atomic E-state index is 12.7. The number of hydrogen-bond donors (Lipinski definition) is 2. The molecule has 2 amide bonds. The Kier molecular flexibility index (Phi) is 5.60. The monoisotopic (exact) mass is 423 g/mol. The molecule has 1 aliphatic heterocycles. The summed E-state index contributed by atoms with van der Waals surface area (Å²) in [5, 5.41) is 2.84. The molecule has 0 radical (unpaired) electrons. The summed E-state index contributed by atoms with van der Waals surface area (Å²) in [6.45, 7) is 3.49. The van der Waals surface area contributed by atoms with Gasteiger partial charge in [-0.1, -0.05) is 6.07 Å². The van der Waals surface area contributed by atoms with Crippen molar-refractivity contribution in [2.24, 2.45) is 5.73 Å². The van der Waals surface area contributed by atoms with Gasteiger partial charge in [0.25, 0.3) is 0 Å². The lowest BCUT2D eigenvalue weighted by molar-refractivity contribution is -0.127. The second kappa shape index (κ2) is 8.35. The Morgan fingerprint density at radius 2 is 2.13 bits per heavy atom. The second-order valence-corrected chi connectivity index (χ2v) is 7.82. The number of likely N-dealkylation sites (tertiary alicyclic amines) is 1. The number of aryl methyl sites for hydroxylation is 1. The van der Waals surface area contributed by atoms with E-state index in [9.17, 15) is 14.4 Å². The minimum absolute atomic E-state index is 0.111. The molecule has 0 bridgehead atoms. The van der Waals surface area contributed by atoms with Crippen molar-refractivity contribution < 1.29 is 14.0 Å². The number of benzene rings is 1. The number of rotatable bonds is 6. The maximum absolute atomic E-state index is 12.7. The number of oxazole rings is 1. The van der Waals surface area contributed by atoms with Gasteiger partial charge in [-0.3, -0.25) is 24.0 Å². The fourth-order valence-corrected chi connectivity index (χ4v) is 4.31. The van der Waals surface area contributed by atoms with Crippen LogP contribution in [-0.4, -0.2) is 45.9 Å². The van der Waals surface area contributed by atoms with Gasteiger partial charge in [0, 0.05) is 31.0 Å². The molecule has 0 aliphatic carbocycles. The van der Waals surface area contributed by atoms with Gasteiger partial charge in [-0.2, -0.15) is 0 Å². The van der Waals surface area contributed by atoms with Gasteiger partial charge in [-0.05, 0) is 50.6 Å². The molecular weight excluding hydrogens is 398 g/mol. The van der Waals surface area contributed by atoms with Crippen molar-refractivity contribution >= 4 is 28.6 Å². The molecular formula is C22H25N5O4. The zero-order valence-electron chi connectivity index (χ0n) is 17.3. The van der Waals surface area contributed by atoms with Gasteiger partial charge in [-0.15, -0.1) is 0 Å². The molecule has 0 spiro atoms. The molecule has 0 saturated carbocycles. The molecule has 1 atom stereocenters. The van der Waals surface area contributed by atoms with E-state index >= 15 is 0 Å². The highest BCUT2D eigenvalue weighted by atomic mass is 16.4. The van der Waals surface area contributed by atoms with Crippen molar-refractivity contribution in [3.63, 3.8) is 0 Å².